The van der Waals surface area contributed by atoms with Crippen LogP contribution in [0.4, 0.5) is 0 Å². The Morgan fingerprint density at radius 1 is 1.14 bits per heavy atom. The number of aliphatic hydroxyl groups is 1. The summed E-state index contributed by atoms with van der Waals surface area (Å²) in [4.78, 5) is 0. The SMILES string of the molecule is CCOc1ccc(Cc2cc3c(cc2Cl)OCCOCC2CC(O)CC3O2)cc1. The van der Waals surface area contributed by atoms with Crippen LogP contribution in [0, 0.1) is 0 Å². The Hall–Kier alpha value is -1.79. The van der Waals surface area contributed by atoms with Crippen molar-refractivity contribution in [3.8, 4) is 11.5 Å². The fraction of sp³-hybridized carbons (Fsp3) is 0.478. The topological polar surface area (TPSA) is 57.2 Å². The zero-order valence-corrected chi connectivity index (χ0v) is 17.4. The molecule has 29 heavy (non-hydrogen) atoms. The average Bonchev–Trinajstić information content (AvgIpc) is 2.70. The van der Waals surface area contributed by atoms with Gasteiger partial charge in [0.15, 0.2) is 0 Å². The van der Waals surface area contributed by atoms with Crippen LogP contribution in [0.15, 0.2) is 36.4 Å². The quantitative estimate of drug-likeness (QED) is 0.801. The van der Waals surface area contributed by atoms with Crippen LogP contribution in [0.1, 0.15) is 42.6 Å². The third-order valence-corrected chi connectivity index (χ3v) is 5.67. The molecule has 6 heteroatoms. The molecule has 1 fully saturated rings. The van der Waals surface area contributed by atoms with Crippen molar-refractivity contribution in [2.24, 2.45) is 0 Å². The number of hydrogen-bond acceptors (Lipinski definition) is 5. The van der Waals surface area contributed by atoms with E-state index in [0.29, 0.717) is 56.5 Å². The van der Waals surface area contributed by atoms with E-state index >= 15 is 0 Å². The van der Waals surface area contributed by atoms with Crippen molar-refractivity contribution in [2.45, 2.75) is 44.5 Å². The molecule has 2 aromatic carbocycles. The Bertz CT molecular complexity index is 823. The summed E-state index contributed by atoms with van der Waals surface area (Å²) >= 11 is 6.60. The summed E-state index contributed by atoms with van der Waals surface area (Å²) < 4.78 is 23.3. The molecule has 0 aliphatic carbocycles. The highest BCUT2D eigenvalue weighted by Gasteiger charge is 2.32. The zero-order chi connectivity index (χ0) is 20.2. The van der Waals surface area contributed by atoms with Crippen molar-refractivity contribution >= 4 is 11.6 Å². The van der Waals surface area contributed by atoms with Gasteiger partial charge in [-0.05, 0) is 48.7 Å². The van der Waals surface area contributed by atoms with Crippen LogP contribution in [-0.2, 0) is 15.9 Å². The highest BCUT2D eigenvalue weighted by Crippen LogP contribution is 2.40. The van der Waals surface area contributed by atoms with Crippen LogP contribution in [0.5, 0.6) is 11.5 Å². The molecular formula is C23H27ClO5. The zero-order valence-electron chi connectivity index (χ0n) is 16.6. The van der Waals surface area contributed by atoms with E-state index in [2.05, 4.69) is 18.2 Å². The molecule has 0 amide bonds. The molecule has 2 bridgehead atoms. The maximum absolute atomic E-state index is 10.3. The standard InChI is InChI=1S/C23H27ClO5/c1-2-27-18-5-3-15(4-6-18)9-16-10-20-22(13-21(16)24)28-8-7-26-14-19-11-17(25)12-23(20)29-19/h3-6,10,13,17,19,23,25H,2,7-9,11-12,14H2,1H3. The molecule has 0 radical (unpaired) electrons. The van der Waals surface area contributed by atoms with Crippen LogP contribution in [0.3, 0.4) is 0 Å². The summed E-state index contributed by atoms with van der Waals surface area (Å²) in [5, 5.41) is 11.0. The van der Waals surface area contributed by atoms with Crippen molar-refractivity contribution in [1.29, 1.82) is 0 Å². The Balaban J connectivity index is 1.62. The molecule has 2 aliphatic heterocycles. The van der Waals surface area contributed by atoms with Crippen molar-refractivity contribution in [3.63, 3.8) is 0 Å². The number of fused-ring (bicyclic) bond motifs is 4. The number of rotatable bonds is 4. The van der Waals surface area contributed by atoms with E-state index in [4.69, 9.17) is 30.5 Å². The lowest BCUT2D eigenvalue weighted by atomic mass is 9.93. The summed E-state index contributed by atoms with van der Waals surface area (Å²) in [6.07, 6.45) is 1.06. The van der Waals surface area contributed by atoms with E-state index in [1.807, 2.05) is 25.1 Å². The van der Waals surface area contributed by atoms with Crippen LogP contribution in [0.25, 0.3) is 0 Å². The number of hydrogen-bond donors (Lipinski definition) is 1. The van der Waals surface area contributed by atoms with Crippen LogP contribution < -0.4 is 9.47 Å². The molecule has 1 saturated heterocycles. The van der Waals surface area contributed by atoms with E-state index in [0.717, 1.165) is 22.4 Å². The van der Waals surface area contributed by atoms with Gasteiger partial charge in [0.25, 0.3) is 0 Å². The van der Waals surface area contributed by atoms with E-state index in [-0.39, 0.29) is 12.2 Å². The predicted molar refractivity (Wildman–Crippen MR) is 111 cm³/mol. The first kappa shape index (κ1) is 20.5. The normalized spacial score (nSPS) is 24.3. The molecule has 4 rings (SSSR count). The minimum absolute atomic E-state index is 0.111. The van der Waals surface area contributed by atoms with Gasteiger partial charge < -0.3 is 24.1 Å². The van der Waals surface area contributed by atoms with Gasteiger partial charge in [-0.1, -0.05) is 23.7 Å². The van der Waals surface area contributed by atoms with Gasteiger partial charge in [-0.2, -0.15) is 0 Å². The smallest absolute Gasteiger partial charge is 0.126 e. The summed E-state index contributed by atoms with van der Waals surface area (Å²) in [5.41, 5.74) is 3.10. The minimum Gasteiger partial charge on any atom is -0.494 e. The molecule has 3 unspecified atom stereocenters. The first-order valence-corrected chi connectivity index (χ1v) is 10.6. The van der Waals surface area contributed by atoms with Gasteiger partial charge in [-0.25, -0.2) is 0 Å². The maximum atomic E-state index is 10.3. The van der Waals surface area contributed by atoms with Gasteiger partial charge >= 0.3 is 0 Å². The number of halogens is 1. The van der Waals surface area contributed by atoms with Gasteiger partial charge in [0.05, 0.1) is 38.1 Å². The van der Waals surface area contributed by atoms with Gasteiger partial charge in [0, 0.05) is 23.4 Å². The molecule has 3 atom stereocenters. The Kier molecular flexibility index (Phi) is 6.60. The highest BCUT2D eigenvalue weighted by molar-refractivity contribution is 6.31. The van der Waals surface area contributed by atoms with Crippen LogP contribution in [0.2, 0.25) is 5.02 Å². The van der Waals surface area contributed by atoms with Crippen molar-refractivity contribution in [2.75, 3.05) is 26.4 Å². The second kappa shape index (κ2) is 9.35. The molecule has 0 spiro atoms. The fourth-order valence-corrected chi connectivity index (χ4v) is 4.16. The molecular weight excluding hydrogens is 392 g/mol. The Morgan fingerprint density at radius 2 is 1.97 bits per heavy atom. The largest absolute Gasteiger partial charge is 0.494 e. The first-order valence-electron chi connectivity index (χ1n) is 10.2. The van der Waals surface area contributed by atoms with Gasteiger partial charge in [-0.3, -0.25) is 0 Å². The van der Waals surface area contributed by atoms with E-state index in [1.165, 1.54) is 0 Å². The molecule has 2 aromatic rings. The predicted octanol–water partition coefficient (Wildman–Crippen LogP) is 4.32. The summed E-state index contributed by atoms with van der Waals surface area (Å²) in [6, 6.07) is 12.0. The Morgan fingerprint density at radius 3 is 2.76 bits per heavy atom. The lowest BCUT2D eigenvalue weighted by molar-refractivity contribution is -0.127. The van der Waals surface area contributed by atoms with E-state index in [1.54, 1.807) is 0 Å². The molecule has 0 saturated carbocycles. The highest BCUT2D eigenvalue weighted by atomic mass is 35.5. The molecule has 2 aliphatic rings. The minimum atomic E-state index is -0.417. The molecule has 2 heterocycles. The Labute approximate surface area is 176 Å². The van der Waals surface area contributed by atoms with Crippen molar-refractivity contribution < 1.29 is 24.1 Å². The lowest BCUT2D eigenvalue weighted by Crippen LogP contribution is -2.35. The summed E-state index contributed by atoms with van der Waals surface area (Å²) in [5.74, 6) is 1.56. The third kappa shape index (κ3) is 5.04. The molecule has 156 valence electrons. The number of ether oxygens (including phenoxy) is 4. The molecule has 0 aromatic heterocycles. The summed E-state index contributed by atoms with van der Waals surface area (Å²) in [6.45, 7) is 4.03. The van der Waals surface area contributed by atoms with Gasteiger partial charge in [-0.15, -0.1) is 0 Å². The van der Waals surface area contributed by atoms with Crippen molar-refractivity contribution in [3.05, 3.63) is 58.1 Å². The second-order valence-corrected chi connectivity index (χ2v) is 7.94. The van der Waals surface area contributed by atoms with Gasteiger partial charge in [0.2, 0.25) is 0 Å². The third-order valence-electron chi connectivity index (χ3n) is 5.32. The van der Waals surface area contributed by atoms with E-state index < -0.39 is 6.10 Å². The monoisotopic (exact) mass is 418 g/mol. The number of benzene rings is 2. The van der Waals surface area contributed by atoms with Crippen LogP contribution >= 0.6 is 11.6 Å². The van der Waals surface area contributed by atoms with Crippen LogP contribution in [-0.4, -0.2) is 43.7 Å². The lowest BCUT2D eigenvalue weighted by Gasteiger charge is -2.35. The molecule has 5 nitrogen and oxygen atoms in total. The summed E-state index contributed by atoms with van der Waals surface area (Å²) in [7, 11) is 0. The maximum Gasteiger partial charge on any atom is 0.126 e. The molecule has 1 N–H and O–H groups in total. The number of aliphatic hydroxyl groups excluding tert-OH is 1. The van der Waals surface area contributed by atoms with Crippen molar-refractivity contribution in [1.82, 2.24) is 0 Å². The second-order valence-electron chi connectivity index (χ2n) is 7.53. The average molecular weight is 419 g/mol. The van der Waals surface area contributed by atoms with Gasteiger partial charge in [0.1, 0.15) is 18.1 Å². The fourth-order valence-electron chi connectivity index (χ4n) is 3.94. The van der Waals surface area contributed by atoms with E-state index in [9.17, 15) is 5.11 Å². The first-order chi connectivity index (χ1) is 14.1.